The maximum Gasteiger partial charge on any atom is 0.289 e. The van der Waals surface area contributed by atoms with Gasteiger partial charge in [-0.05, 0) is 19.8 Å². The van der Waals surface area contributed by atoms with E-state index in [-0.39, 0.29) is 17.7 Å². The van der Waals surface area contributed by atoms with Gasteiger partial charge in [-0.1, -0.05) is 12.8 Å². The van der Waals surface area contributed by atoms with Crippen molar-refractivity contribution in [3.05, 3.63) is 17.8 Å². The highest BCUT2D eigenvalue weighted by Crippen LogP contribution is 2.19. The predicted molar refractivity (Wildman–Crippen MR) is 57.0 cm³/mol. The second-order valence-electron chi connectivity index (χ2n) is 4.20. The summed E-state index contributed by atoms with van der Waals surface area (Å²) in [5.41, 5.74) is 0.572. The Kier molecular flexibility index (Phi) is 3.24. The number of aliphatic hydroxyl groups is 1. The minimum atomic E-state index is -0.444. The molecular formula is C11H16N2O3. The van der Waals surface area contributed by atoms with Gasteiger partial charge < -0.3 is 14.8 Å². The molecule has 88 valence electrons. The normalized spacial score (nSPS) is 25.4. The zero-order chi connectivity index (χ0) is 11.5. The molecule has 2 N–H and O–H groups in total. The highest BCUT2D eigenvalue weighted by Gasteiger charge is 2.26. The summed E-state index contributed by atoms with van der Waals surface area (Å²) >= 11 is 0. The van der Waals surface area contributed by atoms with E-state index in [0.29, 0.717) is 5.69 Å². The molecule has 0 radical (unpaired) electrons. The van der Waals surface area contributed by atoms with Gasteiger partial charge in [0.15, 0.2) is 6.39 Å². The van der Waals surface area contributed by atoms with Crippen molar-refractivity contribution in [2.45, 2.75) is 44.8 Å². The minimum absolute atomic E-state index is 0.161. The summed E-state index contributed by atoms with van der Waals surface area (Å²) in [6.07, 6.45) is 4.44. The predicted octanol–water partition coefficient (Wildman–Crippen LogP) is 1.02. The summed E-state index contributed by atoms with van der Waals surface area (Å²) in [5, 5.41) is 12.5. The second kappa shape index (κ2) is 4.65. The lowest BCUT2D eigenvalue weighted by atomic mass is 9.92. The Labute approximate surface area is 93.9 Å². The molecule has 1 saturated carbocycles. The summed E-state index contributed by atoms with van der Waals surface area (Å²) in [5.74, 6) is -0.0567. The third-order valence-corrected chi connectivity index (χ3v) is 3.00. The molecule has 5 nitrogen and oxygen atoms in total. The smallest absolute Gasteiger partial charge is 0.289 e. The van der Waals surface area contributed by atoms with E-state index in [1.165, 1.54) is 6.39 Å². The second-order valence-corrected chi connectivity index (χ2v) is 4.20. The average Bonchev–Trinajstić information content (AvgIpc) is 2.68. The van der Waals surface area contributed by atoms with E-state index in [9.17, 15) is 9.90 Å². The Balaban J connectivity index is 1.99. The Morgan fingerprint density at radius 1 is 1.56 bits per heavy atom. The van der Waals surface area contributed by atoms with Crippen LogP contribution in [0.2, 0.25) is 0 Å². The van der Waals surface area contributed by atoms with Crippen LogP contribution in [0.5, 0.6) is 0 Å². The fraction of sp³-hybridized carbons (Fsp3) is 0.636. The number of hydrogen-bond donors (Lipinski definition) is 2. The first kappa shape index (κ1) is 11.1. The number of amides is 1. The fourth-order valence-corrected chi connectivity index (χ4v) is 2.03. The zero-order valence-electron chi connectivity index (χ0n) is 9.27. The van der Waals surface area contributed by atoms with Gasteiger partial charge in [0.2, 0.25) is 5.76 Å². The van der Waals surface area contributed by atoms with Crippen molar-refractivity contribution < 1.29 is 14.3 Å². The van der Waals surface area contributed by atoms with E-state index in [1.54, 1.807) is 6.92 Å². The molecule has 2 rings (SSSR count). The van der Waals surface area contributed by atoms with Crippen LogP contribution in [0, 0.1) is 6.92 Å². The summed E-state index contributed by atoms with van der Waals surface area (Å²) in [4.78, 5) is 15.6. The fourth-order valence-electron chi connectivity index (χ4n) is 2.03. The zero-order valence-corrected chi connectivity index (χ0v) is 9.27. The van der Waals surface area contributed by atoms with Crippen LogP contribution in [-0.2, 0) is 0 Å². The van der Waals surface area contributed by atoms with Crippen molar-refractivity contribution in [2.75, 3.05) is 0 Å². The maximum atomic E-state index is 11.8. The standard InChI is InChI=1S/C11H16N2O3/c1-7-10(16-6-12-7)11(15)13-8-4-2-3-5-9(8)14/h6,8-9,14H,2-5H2,1H3,(H,13,15). The number of aryl methyl sites for hydroxylation is 1. The molecule has 0 aliphatic heterocycles. The first-order valence-electron chi connectivity index (χ1n) is 5.57. The number of aromatic nitrogens is 1. The molecule has 0 aromatic carbocycles. The van der Waals surface area contributed by atoms with Gasteiger partial charge in [-0.25, -0.2) is 4.98 Å². The van der Waals surface area contributed by atoms with Gasteiger partial charge in [0.25, 0.3) is 5.91 Å². The van der Waals surface area contributed by atoms with Crippen molar-refractivity contribution in [1.82, 2.24) is 10.3 Å². The topological polar surface area (TPSA) is 75.4 Å². The number of nitrogens with one attached hydrogen (secondary N) is 1. The van der Waals surface area contributed by atoms with Gasteiger partial charge in [-0.2, -0.15) is 0 Å². The third kappa shape index (κ3) is 2.24. The van der Waals surface area contributed by atoms with Gasteiger partial charge in [-0.15, -0.1) is 0 Å². The molecule has 1 fully saturated rings. The van der Waals surface area contributed by atoms with Crippen molar-refractivity contribution in [2.24, 2.45) is 0 Å². The number of rotatable bonds is 2. The van der Waals surface area contributed by atoms with Crippen LogP contribution in [-0.4, -0.2) is 28.1 Å². The van der Waals surface area contributed by atoms with Crippen LogP contribution in [0.4, 0.5) is 0 Å². The molecule has 1 aromatic rings. The van der Waals surface area contributed by atoms with Gasteiger partial charge in [0, 0.05) is 0 Å². The lowest BCUT2D eigenvalue weighted by molar-refractivity contribution is 0.0697. The lowest BCUT2D eigenvalue weighted by Gasteiger charge is -2.27. The molecule has 0 spiro atoms. The first-order chi connectivity index (χ1) is 7.68. The molecular weight excluding hydrogens is 208 g/mol. The molecule has 1 aliphatic carbocycles. The molecule has 16 heavy (non-hydrogen) atoms. The van der Waals surface area contributed by atoms with Gasteiger partial charge >= 0.3 is 0 Å². The van der Waals surface area contributed by atoms with E-state index in [2.05, 4.69) is 10.3 Å². The van der Waals surface area contributed by atoms with Gasteiger partial charge in [-0.3, -0.25) is 4.79 Å². The monoisotopic (exact) mass is 224 g/mol. The van der Waals surface area contributed by atoms with E-state index in [1.807, 2.05) is 0 Å². The van der Waals surface area contributed by atoms with Crippen LogP contribution in [0.3, 0.4) is 0 Å². The average molecular weight is 224 g/mol. The van der Waals surface area contributed by atoms with Crippen molar-refractivity contribution in [3.8, 4) is 0 Å². The first-order valence-corrected chi connectivity index (χ1v) is 5.57. The molecule has 2 atom stereocenters. The van der Waals surface area contributed by atoms with Crippen molar-refractivity contribution >= 4 is 5.91 Å². The molecule has 1 aliphatic rings. The van der Waals surface area contributed by atoms with E-state index >= 15 is 0 Å². The molecule has 2 unspecified atom stereocenters. The van der Waals surface area contributed by atoms with Crippen LogP contribution in [0.1, 0.15) is 41.9 Å². The van der Waals surface area contributed by atoms with Crippen molar-refractivity contribution in [3.63, 3.8) is 0 Å². The van der Waals surface area contributed by atoms with E-state index in [0.717, 1.165) is 25.7 Å². The summed E-state index contributed by atoms with van der Waals surface area (Å²) in [6.45, 7) is 1.72. The molecule has 1 heterocycles. The molecule has 1 amide bonds. The van der Waals surface area contributed by atoms with Gasteiger partial charge in [0.1, 0.15) is 0 Å². The third-order valence-electron chi connectivity index (χ3n) is 3.00. The van der Waals surface area contributed by atoms with E-state index in [4.69, 9.17) is 4.42 Å². The number of carbonyl (C=O) groups is 1. The summed E-state index contributed by atoms with van der Waals surface area (Å²) in [7, 11) is 0. The largest absolute Gasteiger partial charge is 0.438 e. The Morgan fingerprint density at radius 2 is 2.31 bits per heavy atom. The SMILES string of the molecule is Cc1ncoc1C(=O)NC1CCCCC1O. The van der Waals surface area contributed by atoms with E-state index < -0.39 is 6.10 Å². The number of aliphatic hydroxyl groups excluding tert-OH is 1. The lowest BCUT2D eigenvalue weighted by Crippen LogP contribution is -2.45. The Morgan fingerprint density at radius 3 is 2.94 bits per heavy atom. The van der Waals surface area contributed by atoms with Crippen LogP contribution >= 0.6 is 0 Å². The number of nitrogens with zero attached hydrogens (tertiary/aromatic N) is 1. The summed E-state index contributed by atoms with van der Waals surface area (Å²) < 4.78 is 5.00. The minimum Gasteiger partial charge on any atom is -0.438 e. The Hall–Kier alpha value is -1.36. The molecule has 0 bridgehead atoms. The van der Waals surface area contributed by atoms with Crippen molar-refractivity contribution in [1.29, 1.82) is 0 Å². The number of carbonyl (C=O) groups excluding carboxylic acids is 1. The molecule has 5 heteroatoms. The number of oxazole rings is 1. The van der Waals surface area contributed by atoms with Gasteiger partial charge in [0.05, 0.1) is 17.8 Å². The highest BCUT2D eigenvalue weighted by molar-refractivity contribution is 5.92. The molecule has 0 saturated heterocycles. The maximum absolute atomic E-state index is 11.8. The quantitative estimate of drug-likeness (QED) is 0.786. The highest BCUT2D eigenvalue weighted by atomic mass is 16.3. The van der Waals surface area contributed by atoms with Crippen LogP contribution < -0.4 is 5.32 Å². The van der Waals surface area contributed by atoms with Crippen LogP contribution in [0.25, 0.3) is 0 Å². The molecule has 1 aromatic heterocycles. The number of hydrogen-bond acceptors (Lipinski definition) is 4. The van der Waals surface area contributed by atoms with Crippen LogP contribution in [0.15, 0.2) is 10.8 Å². The Bertz CT molecular complexity index is 375. The summed E-state index contributed by atoms with van der Waals surface area (Å²) in [6, 6.07) is -0.161.